The molecule has 6 heterocycles. The minimum Gasteiger partial charge on any atom is -0.455 e. The maximum Gasteiger partial charge on any atom is 0.164 e. The maximum absolute atomic E-state index is 7.04. The van der Waals surface area contributed by atoms with Crippen LogP contribution in [0, 0.1) is 0 Å². The minimum absolute atomic E-state index is 0.609. The molecule has 0 atom stereocenters. The van der Waals surface area contributed by atoms with E-state index in [0.717, 1.165) is 178 Å². The van der Waals surface area contributed by atoms with E-state index in [1.165, 1.54) is 0 Å². The first kappa shape index (κ1) is 69.4. The van der Waals surface area contributed by atoms with Gasteiger partial charge in [0.05, 0.1) is 33.2 Å². The standard InChI is InChI=1S/C56H36N4O.C50H32N4O/c1-6-16-37(17-7-1)38-26-30-44(31-27-38)55-58-54(43-24-14-5-15-25-43)59-56(60-55)45-32-28-39(29-33-45)46-34-35-48-47(36-46)53-50(51(57-48)41-20-10-3-11-21-41)49(40-18-8-2-9-19-40)52(61-53)42-22-12-4-13-23-42;1-6-17-33(18-7-1)43-44-45(34-19-8-2-9-20-34)51-42-30-29-39(32-41(42)47(44)55-46(43)35-21-10-3-11-22-35)38-27-16-28-40(31-38)50-53-48(36-23-12-4-13-24-36)52-49(54-50)37-25-14-5-15-26-37/h1-36H;1-32H. The van der Waals surface area contributed by atoms with Crippen molar-refractivity contribution in [1.82, 2.24) is 39.9 Å². The SMILES string of the molecule is c1ccc(-c2ccc(-c3nc(-c4ccccc4)nc(-c4ccc(-c5ccc6nc(-c7ccccc7)c7c(-c8ccccc8)c(-c8ccccc8)oc7c6c5)cc4)n3)cc2)cc1.c1ccc(-c2nc(-c3ccccc3)nc(-c3cccc(-c4ccc5nc(-c6ccccc6)c6c(-c7ccccc7)c(-c7ccccc7)oc6c5c4)c3)n2)cc1. The summed E-state index contributed by atoms with van der Waals surface area (Å²) in [6.07, 6.45) is 0. The molecule has 21 rings (SSSR count). The molecule has 0 bridgehead atoms. The summed E-state index contributed by atoms with van der Waals surface area (Å²) in [5, 5.41) is 3.87. The third-order valence-electron chi connectivity index (χ3n) is 21.1. The Bertz CT molecular complexity index is 7050. The molecule has 0 N–H and O–H groups in total. The van der Waals surface area contributed by atoms with E-state index < -0.39 is 0 Å². The number of nitrogens with zero attached hydrogens (tertiary/aromatic N) is 8. The van der Waals surface area contributed by atoms with E-state index in [-0.39, 0.29) is 0 Å². The van der Waals surface area contributed by atoms with Gasteiger partial charge in [0.2, 0.25) is 0 Å². The molecular formula is C106H68N8O2. The monoisotopic (exact) mass is 1480 g/mol. The first-order chi connectivity index (χ1) is 57.5. The Labute approximate surface area is 669 Å². The zero-order chi connectivity index (χ0) is 77.1. The number of benzene rings is 15. The second-order valence-corrected chi connectivity index (χ2v) is 28.4. The number of hydrogen-bond donors (Lipinski definition) is 0. The van der Waals surface area contributed by atoms with Crippen LogP contribution in [0.2, 0.25) is 0 Å². The highest BCUT2D eigenvalue weighted by atomic mass is 16.3. The summed E-state index contributed by atoms with van der Waals surface area (Å²) in [6, 6.07) is 141. The Morgan fingerprint density at radius 1 is 0.155 bits per heavy atom. The van der Waals surface area contributed by atoms with Crippen molar-refractivity contribution in [3.63, 3.8) is 0 Å². The van der Waals surface area contributed by atoms with Crippen molar-refractivity contribution in [3.05, 3.63) is 413 Å². The molecule has 0 radical (unpaired) electrons. The van der Waals surface area contributed by atoms with Crippen LogP contribution in [0.15, 0.2) is 421 Å². The van der Waals surface area contributed by atoms with Crippen LogP contribution in [-0.4, -0.2) is 39.9 Å². The van der Waals surface area contributed by atoms with Gasteiger partial charge >= 0.3 is 0 Å². The van der Waals surface area contributed by atoms with Gasteiger partial charge in [-0.05, 0) is 74.8 Å². The predicted octanol–water partition coefficient (Wildman–Crippen LogP) is 27.3. The Balaban J connectivity index is 0.000000150. The predicted molar refractivity (Wildman–Crippen MR) is 471 cm³/mol. The van der Waals surface area contributed by atoms with Gasteiger partial charge in [0.25, 0.3) is 0 Å². The fraction of sp³-hybridized carbons (Fsp3) is 0. The summed E-state index contributed by atoms with van der Waals surface area (Å²) < 4.78 is 14.1. The summed E-state index contributed by atoms with van der Waals surface area (Å²) in [6.45, 7) is 0. The molecule has 0 amide bonds. The fourth-order valence-corrected chi connectivity index (χ4v) is 15.4. The third-order valence-corrected chi connectivity index (χ3v) is 21.1. The van der Waals surface area contributed by atoms with Gasteiger partial charge in [-0.1, -0.05) is 382 Å². The Morgan fingerprint density at radius 3 is 0.724 bits per heavy atom. The Hall–Kier alpha value is -15.8. The van der Waals surface area contributed by atoms with Crippen molar-refractivity contribution in [2.45, 2.75) is 0 Å². The minimum atomic E-state index is 0.609. The van der Waals surface area contributed by atoms with E-state index in [0.29, 0.717) is 34.9 Å². The molecular weight excluding hydrogens is 1420 g/mol. The van der Waals surface area contributed by atoms with E-state index in [4.69, 9.17) is 48.7 Å². The van der Waals surface area contributed by atoms with Gasteiger partial charge in [0.1, 0.15) is 22.7 Å². The highest BCUT2D eigenvalue weighted by Gasteiger charge is 2.28. The molecule has 0 saturated carbocycles. The van der Waals surface area contributed by atoms with Crippen LogP contribution in [0.25, 0.3) is 213 Å². The molecule has 116 heavy (non-hydrogen) atoms. The summed E-state index contributed by atoms with van der Waals surface area (Å²) in [4.78, 5) is 40.6. The second kappa shape index (κ2) is 30.8. The van der Waals surface area contributed by atoms with Crippen LogP contribution in [0.1, 0.15) is 0 Å². The van der Waals surface area contributed by atoms with Crippen molar-refractivity contribution in [1.29, 1.82) is 0 Å². The van der Waals surface area contributed by atoms with Gasteiger partial charge in [-0.25, -0.2) is 39.9 Å². The average molecular weight is 1490 g/mol. The number of aromatic nitrogens is 8. The van der Waals surface area contributed by atoms with Gasteiger partial charge in [0.15, 0.2) is 34.9 Å². The van der Waals surface area contributed by atoms with Gasteiger partial charge in [-0.2, -0.15) is 0 Å². The third kappa shape index (κ3) is 13.7. The number of furan rings is 2. The van der Waals surface area contributed by atoms with Crippen LogP contribution in [-0.2, 0) is 0 Å². The smallest absolute Gasteiger partial charge is 0.164 e. The van der Waals surface area contributed by atoms with Crippen molar-refractivity contribution < 1.29 is 8.83 Å². The van der Waals surface area contributed by atoms with Crippen molar-refractivity contribution in [3.8, 4) is 169 Å². The van der Waals surface area contributed by atoms with Crippen LogP contribution >= 0.6 is 0 Å². The summed E-state index contributed by atoms with van der Waals surface area (Å²) in [5.41, 5.74) is 25.4. The molecule has 6 aromatic heterocycles. The topological polar surface area (TPSA) is 129 Å². The van der Waals surface area contributed by atoms with Crippen LogP contribution in [0.3, 0.4) is 0 Å². The van der Waals surface area contributed by atoms with E-state index >= 15 is 0 Å². The zero-order valence-corrected chi connectivity index (χ0v) is 62.7. The molecule has 0 aliphatic rings. The molecule has 10 heteroatoms. The first-order valence-corrected chi connectivity index (χ1v) is 38.7. The summed E-state index contributed by atoms with van der Waals surface area (Å²) in [5.74, 6) is 5.36. The van der Waals surface area contributed by atoms with E-state index in [9.17, 15) is 0 Å². The quantitative estimate of drug-likeness (QED) is 0.0978. The molecule has 0 fully saturated rings. The number of hydrogen-bond acceptors (Lipinski definition) is 10. The summed E-state index contributed by atoms with van der Waals surface area (Å²) in [7, 11) is 0. The van der Waals surface area contributed by atoms with Gasteiger partial charge in [-0.15, -0.1) is 0 Å². The van der Waals surface area contributed by atoms with E-state index in [2.05, 4.69) is 279 Å². The second-order valence-electron chi connectivity index (χ2n) is 28.4. The van der Waals surface area contributed by atoms with Crippen molar-refractivity contribution in [2.75, 3.05) is 0 Å². The van der Waals surface area contributed by atoms with E-state index in [1.54, 1.807) is 0 Å². The Kier molecular flexibility index (Phi) is 18.4. The highest BCUT2D eigenvalue weighted by Crippen LogP contribution is 2.50. The van der Waals surface area contributed by atoms with Crippen LogP contribution in [0.4, 0.5) is 0 Å². The molecule has 0 aliphatic carbocycles. The molecule has 0 spiro atoms. The van der Waals surface area contributed by atoms with Crippen molar-refractivity contribution >= 4 is 43.7 Å². The first-order valence-electron chi connectivity index (χ1n) is 38.7. The lowest BCUT2D eigenvalue weighted by Crippen LogP contribution is -2.00. The highest BCUT2D eigenvalue weighted by molar-refractivity contribution is 6.19. The van der Waals surface area contributed by atoms with Crippen molar-refractivity contribution in [2.24, 2.45) is 0 Å². The van der Waals surface area contributed by atoms with Crippen LogP contribution < -0.4 is 0 Å². The van der Waals surface area contributed by atoms with Crippen LogP contribution in [0.5, 0.6) is 0 Å². The molecule has 0 unspecified atom stereocenters. The molecule has 0 aliphatic heterocycles. The number of rotatable bonds is 15. The lowest BCUT2D eigenvalue weighted by molar-refractivity contribution is 0.635. The molecule has 15 aromatic carbocycles. The number of fused-ring (bicyclic) bond motifs is 6. The van der Waals surface area contributed by atoms with E-state index in [1.807, 2.05) is 133 Å². The van der Waals surface area contributed by atoms with Gasteiger partial charge in [0, 0.05) is 77.5 Å². The largest absolute Gasteiger partial charge is 0.455 e. The number of pyridine rings is 2. The molecule has 10 nitrogen and oxygen atoms in total. The molecule has 544 valence electrons. The van der Waals surface area contributed by atoms with Gasteiger partial charge < -0.3 is 8.83 Å². The fourth-order valence-electron chi connectivity index (χ4n) is 15.4. The van der Waals surface area contributed by atoms with Gasteiger partial charge in [-0.3, -0.25) is 0 Å². The molecule has 0 saturated heterocycles. The molecule has 21 aromatic rings. The lowest BCUT2D eigenvalue weighted by atomic mass is 9.94. The zero-order valence-electron chi connectivity index (χ0n) is 62.7. The normalized spacial score (nSPS) is 11.3. The average Bonchev–Trinajstić information content (AvgIpc) is 1.56. The lowest BCUT2D eigenvalue weighted by Gasteiger charge is -2.11. The Morgan fingerprint density at radius 2 is 0.379 bits per heavy atom. The summed E-state index contributed by atoms with van der Waals surface area (Å²) >= 11 is 0. The maximum atomic E-state index is 7.04.